The van der Waals surface area contributed by atoms with Gasteiger partial charge in [0.2, 0.25) is 0 Å². The maximum absolute atomic E-state index is 11.2. The van der Waals surface area contributed by atoms with Crippen molar-refractivity contribution in [1.82, 2.24) is 15.0 Å². The van der Waals surface area contributed by atoms with Gasteiger partial charge in [-0.05, 0) is 180 Å². The van der Waals surface area contributed by atoms with Crippen molar-refractivity contribution in [1.29, 1.82) is 0 Å². The van der Waals surface area contributed by atoms with Gasteiger partial charge in [-0.2, -0.15) is 0 Å². The van der Waals surface area contributed by atoms with E-state index in [2.05, 4.69) is 32.7 Å². The maximum atomic E-state index is 11.2. The Balaban J connectivity index is 0.000000176. The highest BCUT2D eigenvalue weighted by Gasteiger charge is 2.19. The van der Waals surface area contributed by atoms with Crippen molar-refractivity contribution in [3.05, 3.63) is 175 Å². The molecule has 2 aliphatic carbocycles. The predicted molar refractivity (Wildman–Crippen MR) is 351 cm³/mol. The number of methoxy groups -OCH3 is 2. The number of hydrogen-bond acceptors (Lipinski definition) is 20. The van der Waals surface area contributed by atoms with Crippen LogP contribution >= 0.6 is 34.0 Å². The number of phenols is 1. The van der Waals surface area contributed by atoms with Gasteiger partial charge in [0.1, 0.15) is 86.6 Å². The molecule has 6 aromatic carbocycles. The van der Waals surface area contributed by atoms with Gasteiger partial charge in [-0.3, -0.25) is 0 Å². The molecule has 11 rings (SSSR count). The SMILES string of the molecule is C.COC(=O)COc1ccc(OCc2nc(-c3cccc(O)c3)cs2)cc1C.COC(=O)COc1ccc(OCc2nc(-c3cccc(OC4CCCC4)c3)cs2)cc1C.Cc1cc(OCc2nc(-c3cccc(OC4CCCC4)c3)cs2)ccc1OCC(=O)O. The topological polar surface area (TPSA) is 223 Å². The fraction of sp³-hybridized carbons (Fsp3) is 0.314. The van der Waals surface area contributed by atoms with Gasteiger partial charge in [0, 0.05) is 32.8 Å². The Labute approximate surface area is 542 Å². The molecule has 0 radical (unpaired) electrons. The first kappa shape index (κ1) is 67.7. The molecule has 0 atom stereocenters. The molecule has 2 aliphatic rings. The van der Waals surface area contributed by atoms with Crippen LogP contribution in [0, 0.1) is 20.8 Å². The minimum atomic E-state index is -1.00. The third-order valence-electron chi connectivity index (χ3n) is 14.3. The summed E-state index contributed by atoms with van der Waals surface area (Å²) in [6, 6.07) is 39.4. The molecular formula is C70H75N3O15S3. The van der Waals surface area contributed by atoms with E-state index in [9.17, 15) is 19.5 Å². The lowest BCUT2D eigenvalue weighted by Crippen LogP contribution is -2.13. The first-order valence-electron chi connectivity index (χ1n) is 29.3. The largest absolute Gasteiger partial charge is 0.508 e. The van der Waals surface area contributed by atoms with Crippen LogP contribution in [0.1, 0.15) is 90.5 Å². The van der Waals surface area contributed by atoms with E-state index in [1.54, 1.807) is 71.2 Å². The van der Waals surface area contributed by atoms with Gasteiger partial charge in [-0.25, -0.2) is 29.3 Å². The van der Waals surface area contributed by atoms with Crippen LogP contribution in [0.25, 0.3) is 33.8 Å². The summed E-state index contributed by atoms with van der Waals surface area (Å²) in [5.74, 6) is 4.02. The molecule has 2 fully saturated rings. The molecule has 0 bridgehead atoms. The van der Waals surface area contributed by atoms with Crippen molar-refractivity contribution in [3.8, 4) is 85.5 Å². The standard InChI is InChI=1S/C25H27NO5S.C24H25NO5S.C20H19NO5S.CH4/c1-17-12-20(10-11-23(17)30-15-25(27)28-2)29-14-24-26-22(16-32-24)18-6-5-9-21(13-18)31-19-7-3-4-8-19;1-16-11-19(9-10-22(16)29-14-24(26)27)28-13-23-25-21(15-31-23)17-5-4-8-20(12-17)30-18-6-2-3-7-18;1-13-8-16(6-7-18(13)26-11-20(23)24-2)25-10-19-21-17(12-27-19)14-4-3-5-15(22)9-14;/h5-6,9-13,16,19H,3-4,7-8,14-15H2,1-2H3;4-5,8-12,15,18H,2-3,6-7,13-14H2,1H3,(H,26,27);3-9,12,22H,10-11H2,1-2H3;1H4. The lowest BCUT2D eigenvalue weighted by atomic mass is 10.1. The van der Waals surface area contributed by atoms with E-state index < -0.39 is 17.9 Å². The van der Waals surface area contributed by atoms with Crippen LogP contribution in [-0.4, -0.2) is 89.3 Å². The second-order valence-corrected chi connectivity index (χ2v) is 23.9. The van der Waals surface area contributed by atoms with Crippen molar-refractivity contribution < 1.29 is 72.0 Å². The molecule has 91 heavy (non-hydrogen) atoms. The van der Waals surface area contributed by atoms with E-state index >= 15 is 0 Å². The smallest absolute Gasteiger partial charge is 0.343 e. The highest BCUT2D eigenvalue weighted by atomic mass is 32.1. The Morgan fingerprint density at radius 2 is 0.802 bits per heavy atom. The molecule has 478 valence electrons. The van der Waals surface area contributed by atoms with Crippen molar-refractivity contribution in [3.63, 3.8) is 0 Å². The molecule has 2 N–H and O–H groups in total. The number of ether oxygens (including phenoxy) is 10. The summed E-state index contributed by atoms with van der Waals surface area (Å²) < 4.78 is 55.1. The number of aromatic nitrogens is 3. The lowest BCUT2D eigenvalue weighted by molar-refractivity contribution is -0.143. The summed E-state index contributed by atoms with van der Waals surface area (Å²) in [5.41, 5.74) is 8.14. The summed E-state index contributed by atoms with van der Waals surface area (Å²) in [7, 11) is 2.65. The molecule has 0 unspecified atom stereocenters. The zero-order valence-corrected chi connectivity index (χ0v) is 53.1. The summed E-state index contributed by atoms with van der Waals surface area (Å²) in [4.78, 5) is 47.0. The summed E-state index contributed by atoms with van der Waals surface area (Å²) in [5, 5.41) is 26.9. The van der Waals surface area contributed by atoms with Gasteiger partial charge in [0.25, 0.3) is 0 Å². The number of hydrogen-bond donors (Lipinski definition) is 2. The molecule has 0 amide bonds. The Bertz CT molecular complexity index is 3810. The van der Waals surface area contributed by atoms with Gasteiger partial charge < -0.3 is 57.6 Å². The van der Waals surface area contributed by atoms with E-state index in [1.807, 2.05) is 97.6 Å². The second-order valence-electron chi connectivity index (χ2n) is 21.1. The summed E-state index contributed by atoms with van der Waals surface area (Å²) in [6.07, 6.45) is 10.2. The van der Waals surface area contributed by atoms with Gasteiger partial charge >= 0.3 is 17.9 Å². The number of aromatic hydroxyl groups is 1. The molecule has 9 aromatic rings. The van der Waals surface area contributed by atoms with Crippen LogP contribution in [0.5, 0.6) is 51.7 Å². The number of thiazole rings is 3. The number of carbonyl (C=O) groups excluding carboxylic acids is 2. The number of rotatable bonds is 25. The predicted octanol–water partition coefficient (Wildman–Crippen LogP) is 15.6. The van der Waals surface area contributed by atoms with E-state index in [0.717, 1.165) is 108 Å². The molecule has 18 nitrogen and oxygen atoms in total. The number of nitrogens with zero attached hydrogens (tertiary/aromatic N) is 3. The zero-order valence-electron chi connectivity index (χ0n) is 50.7. The van der Waals surface area contributed by atoms with Crippen molar-refractivity contribution in [2.75, 3.05) is 34.0 Å². The number of aliphatic carboxylic acids is 1. The Morgan fingerprint density at radius 1 is 0.451 bits per heavy atom. The average molecular weight is 1290 g/mol. The number of benzene rings is 6. The lowest BCUT2D eigenvalue weighted by Gasteiger charge is -2.13. The fourth-order valence-electron chi connectivity index (χ4n) is 9.64. The van der Waals surface area contributed by atoms with E-state index in [4.69, 9.17) is 53.0 Å². The number of esters is 2. The number of carbonyl (C=O) groups is 3. The first-order chi connectivity index (χ1) is 43.7. The van der Waals surface area contributed by atoms with Crippen LogP contribution in [0.15, 0.2) is 144 Å². The quantitative estimate of drug-likeness (QED) is 0.0508. The van der Waals surface area contributed by atoms with E-state index in [0.29, 0.717) is 60.8 Å². The van der Waals surface area contributed by atoms with Crippen LogP contribution < -0.4 is 37.9 Å². The highest BCUT2D eigenvalue weighted by molar-refractivity contribution is 7.10. The molecule has 21 heteroatoms. The van der Waals surface area contributed by atoms with Crippen molar-refractivity contribution in [2.24, 2.45) is 0 Å². The summed E-state index contributed by atoms with van der Waals surface area (Å²) >= 11 is 4.62. The molecule has 3 heterocycles. The molecular weight excluding hydrogens is 1220 g/mol. The third kappa shape index (κ3) is 20.9. The minimum absolute atomic E-state index is 0. The minimum Gasteiger partial charge on any atom is -0.508 e. The molecule has 2 saturated carbocycles. The molecule has 3 aromatic heterocycles. The van der Waals surface area contributed by atoms with Gasteiger partial charge in [-0.1, -0.05) is 43.8 Å². The number of carboxylic acids is 1. The second kappa shape index (κ2) is 34.1. The van der Waals surface area contributed by atoms with Crippen LogP contribution in [0.4, 0.5) is 0 Å². The Kier molecular flexibility index (Phi) is 25.4. The molecule has 0 aliphatic heterocycles. The van der Waals surface area contributed by atoms with Gasteiger partial charge in [0.05, 0.1) is 43.5 Å². The Hall–Kier alpha value is -9.18. The average Bonchev–Trinajstić information content (AvgIpc) is 2.32. The Morgan fingerprint density at radius 3 is 1.14 bits per heavy atom. The van der Waals surface area contributed by atoms with Crippen LogP contribution in [-0.2, 0) is 43.7 Å². The van der Waals surface area contributed by atoms with Crippen LogP contribution in [0.3, 0.4) is 0 Å². The van der Waals surface area contributed by atoms with Crippen molar-refractivity contribution in [2.45, 2.75) is 112 Å². The van der Waals surface area contributed by atoms with E-state index in [1.165, 1.54) is 51.2 Å². The van der Waals surface area contributed by atoms with Gasteiger partial charge in [0.15, 0.2) is 19.8 Å². The number of carboxylic acid groups (broad SMARTS) is 1. The highest BCUT2D eigenvalue weighted by Crippen LogP contribution is 2.34. The zero-order chi connectivity index (χ0) is 63.2. The fourth-order valence-corrected chi connectivity index (χ4v) is 11.8. The van der Waals surface area contributed by atoms with Crippen molar-refractivity contribution >= 4 is 51.9 Å². The number of phenolic OH excluding ortho intramolecular Hbond substituents is 1. The van der Waals surface area contributed by atoms with Gasteiger partial charge in [-0.15, -0.1) is 34.0 Å². The van der Waals surface area contributed by atoms with Crippen LogP contribution in [0.2, 0.25) is 0 Å². The maximum Gasteiger partial charge on any atom is 0.343 e. The molecule has 0 saturated heterocycles. The summed E-state index contributed by atoms with van der Waals surface area (Å²) in [6.45, 7) is 6.10. The van der Waals surface area contributed by atoms with E-state index in [-0.39, 0.29) is 33.0 Å². The molecule has 0 spiro atoms. The monoisotopic (exact) mass is 1290 g/mol. The number of aryl methyl sites for hydroxylation is 3. The third-order valence-corrected chi connectivity index (χ3v) is 16.8. The first-order valence-corrected chi connectivity index (χ1v) is 32.0. The normalized spacial score (nSPS) is 12.6.